The van der Waals surface area contributed by atoms with Crippen molar-refractivity contribution in [3.05, 3.63) is 65.0 Å². The molecule has 22 heavy (non-hydrogen) atoms. The molecule has 0 fully saturated rings. The fraction of sp³-hybridized carbons (Fsp3) is 0.235. The highest BCUT2D eigenvalue weighted by Crippen LogP contribution is 2.12. The van der Waals surface area contributed by atoms with E-state index in [1.807, 2.05) is 24.3 Å². The van der Waals surface area contributed by atoms with Gasteiger partial charge in [-0.25, -0.2) is 9.38 Å². The molecule has 0 saturated heterocycles. The molecule has 5 heteroatoms. The first-order chi connectivity index (χ1) is 10.1. The Morgan fingerprint density at radius 1 is 1.18 bits per heavy atom. The van der Waals surface area contributed by atoms with E-state index < -0.39 is 0 Å². The molecule has 3 N–H and O–H groups in total. The summed E-state index contributed by atoms with van der Waals surface area (Å²) in [6.45, 7) is 4.19. The second-order valence-corrected chi connectivity index (χ2v) is 4.96. The Hall–Kier alpha value is -1.63. The SMILES string of the molecule is CCc1cccc(NC(N)=NCc2ccc(C)c(F)c2)c1.I. The number of hydrogen-bond acceptors (Lipinski definition) is 1. The van der Waals surface area contributed by atoms with E-state index in [-0.39, 0.29) is 29.8 Å². The molecule has 0 saturated carbocycles. The zero-order valence-corrected chi connectivity index (χ0v) is 15.1. The van der Waals surface area contributed by atoms with E-state index in [1.165, 1.54) is 11.6 Å². The second-order valence-electron chi connectivity index (χ2n) is 4.96. The number of nitrogens with two attached hydrogens (primary N) is 1. The van der Waals surface area contributed by atoms with Gasteiger partial charge in [0.15, 0.2) is 5.96 Å². The molecule has 2 aromatic rings. The molecule has 3 nitrogen and oxygen atoms in total. The maximum Gasteiger partial charge on any atom is 0.193 e. The van der Waals surface area contributed by atoms with Crippen molar-refractivity contribution in [1.82, 2.24) is 0 Å². The van der Waals surface area contributed by atoms with Gasteiger partial charge in [-0.15, -0.1) is 24.0 Å². The molecule has 2 aromatic carbocycles. The molecule has 0 amide bonds. The van der Waals surface area contributed by atoms with Gasteiger partial charge in [0.05, 0.1) is 6.54 Å². The number of nitrogens with zero attached hydrogens (tertiary/aromatic N) is 1. The van der Waals surface area contributed by atoms with Crippen LogP contribution in [0.2, 0.25) is 0 Å². The first-order valence-corrected chi connectivity index (χ1v) is 6.99. The van der Waals surface area contributed by atoms with E-state index in [4.69, 9.17) is 5.73 Å². The minimum atomic E-state index is -0.218. The summed E-state index contributed by atoms with van der Waals surface area (Å²) in [6, 6.07) is 13.1. The lowest BCUT2D eigenvalue weighted by Gasteiger charge is -2.07. The molecule has 0 atom stereocenters. The van der Waals surface area contributed by atoms with Gasteiger partial charge in [-0.1, -0.05) is 31.2 Å². The first-order valence-electron chi connectivity index (χ1n) is 6.99. The molecule has 0 radical (unpaired) electrons. The standard InChI is InChI=1S/C17H20FN3.HI/c1-3-13-5-4-6-15(9-13)21-17(19)20-11-14-8-7-12(2)16(18)10-14;/h4-10H,3,11H2,1-2H3,(H3,19,20,21);1H. The average molecular weight is 413 g/mol. The van der Waals surface area contributed by atoms with Crippen LogP contribution in [0.15, 0.2) is 47.5 Å². The summed E-state index contributed by atoms with van der Waals surface area (Å²) >= 11 is 0. The van der Waals surface area contributed by atoms with Gasteiger partial charge in [0.1, 0.15) is 5.82 Å². The molecule has 0 bridgehead atoms. The lowest BCUT2D eigenvalue weighted by atomic mass is 10.1. The summed E-state index contributed by atoms with van der Waals surface area (Å²) in [4.78, 5) is 4.23. The van der Waals surface area contributed by atoms with Crippen LogP contribution in [-0.2, 0) is 13.0 Å². The van der Waals surface area contributed by atoms with Crippen molar-refractivity contribution >= 4 is 35.6 Å². The third-order valence-corrected chi connectivity index (χ3v) is 3.28. The third kappa shape index (κ3) is 5.29. The lowest BCUT2D eigenvalue weighted by Crippen LogP contribution is -2.22. The summed E-state index contributed by atoms with van der Waals surface area (Å²) in [6.07, 6.45) is 0.967. The van der Waals surface area contributed by atoms with E-state index in [0.29, 0.717) is 18.1 Å². The Balaban J connectivity index is 0.00000242. The normalized spacial score (nSPS) is 11.0. The zero-order valence-electron chi connectivity index (χ0n) is 12.8. The summed E-state index contributed by atoms with van der Waals surface area (Å²) in [7, 11) is 0. The number of guanidine groups is 1. The van der Waals surface area contributed by atoms with Crippen LogP contribution in [-0.4, -0.2) is 5.96 Å². The minimum absolute atomic E-state index is 0. The number of anilines is 1. The molecule has 0 heterocycles. The van der Waals surface area contributed by atoms with Crippen molar-refractivity contribution in [3.63, 3.8) is 0 Å². The number of nitrogens with one attached hydrogen (secondary N) is 1. The Kier molecular flexibility index (Phi) is 7.31. The van der Waals surface area contributed by atoms with Gasteiger partial charge in [-0.3, -0.25) is 0 Å². The van der Waals surface area contributed by atoms with Crippen LogP contribution in [0.25, 0.3) is 0 Å². The fourth-order valence-electron chi connectivity index (χ4n) is 1.97. The molecule has 118 valence electrons. The highest BCUT2D eigenvalue weighted by atomic mass is 127. The Morgan fingerprint density at radius 3 is 2.64 bits per heavy atom. The molecule has 2 rings (SSSR count). The van der Waals surface area contributed by atoms with Crippen LogP contribution in [0, 0.1) is 12.7 Å². The van der Waals surface area contributed by atoms with Crippen LogP contribution in [0.4, 0.5) is 10.1 Å². The van der Waals surface area contributed by atoms with Gasteiger partial charge >= 0.3 is 0 Å². The van der Waals surface area contributed by atoms with Crippen molar-refractivity contribution in [2.45, 2.75) is 26.8 Å². The summed E-state index contributed by atoms with van der Waals surface area (Å²) in [5.41, 5.74) is 9.42. The highest BCUT2D eigenvalue weighted by molar-refractivity contribution is 14.0. The molecular weight excluding hydrogens is 392 g/mol. The number of aliphatic imine (C=N–C) groups is 1. The monoisotopic (exact) mass is 413 g/mol. The van der Waals surface area contributed by atoms with Crippen LogP contribution in [0.1, 0.15) is 23.6 Å². The molecule has 0 aromatic heterocycles. The first kappa shape index (κ1) is 18.4. The van der Waals surface area contributed by atoms with E-state index in [0.717, 1.165) is 17.7 Å². The largest absolute Gasteiger partial charge is 0.370 e. The van der Waals surface area contributed by atoms with Crippen molar-refractivity contribution in [2.24, 2.45) is 10.7 Å². The predicted molar refractivity (Wildman–Crippen MR) is 101 cm³/mol. The summed E-state index contributed by atoms with van der Waals surface area (Å²) < 4.78 is 13.4. The number of hydrogen-bond donors (Lipinski definition) is 2. The summed E-state index contributed by atoms with van der Waals surface area (Å²) in [5, 5.41) is 3.05. The van der Waals surface area contributed by atoms with Crippen molar-refractivity contribution < 1.29 is 4.39 Å². The molecule has 0 aliphatic rings. The van der Waals surface area contributed by atoms with Crippen LogP contribution in [0.5, 0.6) is 0 Å². The molecule has 0 aliphatic carbocycles. The smallest absolute Gasteiger partial charge is 0.193 e. The van der Waals surface area contributed by atoms with Crippen molar-refractivity contribution in [3.8, 4) is 0 Å². The third-order valence-electron chi connectivity index (χ3n) is 3.28. The Bertz CT molecular complexity index is 656. The van der Waals surface area contributed by atoms with Crippen LogP contribution >= 0.6 is 24.0 Å². The second kappa shape index (κ2) is 8.73. The quantitative estimate of drug-likeness (QED) is 0.448. The van der Waals surface area contributed by atoms with Gasteiger partial charge in [-0.2, -0.15) is 0 Å². The van der Waals surface area contributed by atoms with Gasteiger partial charge < -0.3 is 11.1 Å². The molecular formula is C17H21FIN3. The highest BCUT2D eigenvalue weighted by Gasteiger charge is 2.00. The maximum atomic E-state index is 13.4. The van der Waals surface area contributed by atoms with Crippen LogP contribution in [0.3, 0.4) is 0 Å². The predicted octanol–water partition coefficient (Wildman–Crippen LogP) is 4.24. The van der Waals surface area contributed by atoms with Crippen molar-refractivity contribution in [2.75, 3.05) is 5.32 Å². The molecule has 0 spiro atoms. The number of halogens is 2. The number of rotatable bonds is 4. The van der Waals surface area contributed by atoms with E-state index in [2.05, 4.69) is 23.3 Å². The number of aryl methyl sites for hydroxylation is 2. The fourth-order valence-corrected chi connectivity index (χ4v) is 1.97. The van der Waals surface area contributed by atoms with E-state index in [1.54, 1.807) is 13.0 Å². The Labute approximate surface area is 147 Å². The van der Waals surface area contributed by atoms with Gasteiger partial charge in [0, 0.05) is 5.69 Å². The molecule has 0 aliphatic heterocycles. The topological polar surface area (TPSA) is 50.4 Å². The zero-order chi connectivity index (χ0) is 15.2. The van der Waals surface area contributed by atoms with Gasteiger partial charge in [-0.05, 0) is 48.2 Å². The number of benzene rings is 2. The van der Waals surface area contributed by atoms with Crippen molar-refractivity contribution in [1.29, 1.82) is 0 Å². The maximum absolute atomic E-state index is 13.4. The minimum Gasteiger partial charge on any atom is -0.370 e. The molecule has 0 unspecified atom stereocenters. The van der Waals surface area contributed by atoms with Gasteiger partial charge in [0.2, 0.25) is 0 Å². The average Bonchev–Trinajstić information content (AvgIpc) is 2.48. The van der Waals surface area contributed by atoms with E-state index in [9.17, 15) is 4.39 Å². The van der Waals surface area contributed by atoms with E-state index >= 15 is 0 Å². The Morgan fingerprint density at radius 2 is 1.95 bits per heavy atom. The van der Waals surface area contributed by atoms with Gasteiger partial charge in [0.25, 0.3) is 0 Å². The summed E-state index contributed by atoms with van der Waals surface area (Å²) in [5.74, 6) is 0.106. The van der Waals surface area contributed by atoms with Crippen LogP contribution < -0.4 is 11.1 Å². The lowest BCUT2D eigenvalue weighted by molar-refractivity contribution is 0.616.